The van der Waals surface area contributed by atoms with E-state index < -0.39 is 27.4 Å². The van der Waals surface area contributed by atoms with Crippen molar-refractivity contribution in [2.45, 2.75) is 12.5 Å². The van der Waals surface area contributed by atoms with Crippen LogP contribution in [-0.2, 0) is 20.5 Å². The van der Waals surface area contributed by atoms with Crippen LogP contribution in [0, 0.1) is 12.7 Å². The fraction of sp³-hybridized carbons (Fsp3) is 0.174. The number of aryl methyl sites for hydroxylation is 1. The van der Waals surface area contributed by atoms with E-state index in [2.05, 4.69) is 9.98 Å². The highest BCUT2D eigenvalue weighted by molar-refractivity contribution is 7.86. The Labute approximate surface area is 201 Å². The Balaban J connectivity index is 1.94. The number of aliphatic imine (C=N–C) groups is 1. The van der Waals surface area contributed by atoms with Crippen molar-refractivity contribution < 1.29 is 21.8 Å². The minimum absolute atomic E-state index is 0.0111. The van der Waals surface area contributed by atoms with Crippen molar-refractivity contribution in [2.24, 2.45) is 10.7 Å². The molecule has 1 atom stereocenters. The molecule has 8 nitrogen and oxygen atoms in total. The Bertz CT molecular complexity index is 1460. The van der Waals surface area contributed by atoms with Crippen LogP contribution in [-0.4, -0.2) is 43.5 Å². The number of carbonyl (C=O) groups is 1. The summed E-state index contributed by atoms with van der Waals surface area (Å²) >= 11 is 6.15. The van der Waals surface area contributed by atoms with Crippen LogP contribution >= 0.6 is 11.6 Å². The van der Waals surface area contributed by atoms with Gasteiger partial charge in [0.25, 0.3) is 5.91 Å². The highest BCUT2D eigenvalue weighted by atomic mass is 35.5. The summed E-state index contributed by atoms with van der Waals surface area (Å²) in [5, 5.41) is 0.138. The van der Waals surface area contributed by atoms with Gasteiger partial charge in [-0.2, -0.15) is 8.42 Å². The van der Waals surface area contributed by atoms with Crippen molar-refractivity contribution in [3.63, 3.8) is 0 Å². The fourth-order valence-corrected chi connectivity index (χ4v) is 4.54. The zero-order valence-corrected chi connectivity index (χ0v) is 20.0. The Morgan fingerprint density at radius 2 is 1.82 bits per heavy atom. The molecule has 0 saturated heterocycles. The third-order valence-corrected chi connectivity index (χ3v) is 6.08. The largest absolute Gasteiger partial charge is 0.383 e. The Kier molecular flexibility index (Phi) is 5.82. The maximum absolute atomic E-state index is 15.0. The molecule has 1 aliphatic heterocycles. The summed E-state index contributed by atoms with van der Waals surface area (Å²) in [5.41, 5.74) is 6.31. The highest BCUT2D eigenvalue weighted by Crippen LogP contribution is 2.41. The molecule has 2 aromatic carbocycles. The Hall–Kier alpha value is -3.50. The molecule has 0 saturated carbocycles. The zero-order valence-electron chi connectivity index (χ0n) is 18.4. The first-order valence-corrected chi connectivity index (χ1v) is 12.2. The lowest BCUT2D eigenvalue weighted by Gasteiger charge is -2.27. The third-order valence-electron chi connectivity index (χ3n) is 5.37. The predicted octanol–water partition coefficient (Wildman–Crippen LogP) is 3.22. The molecule has 1 aliphatic rings. The second kappa shape index (κ2) is 8.37. The molecule has 176 valence electrons. The summed E-state index contributed by atoms with van der Waals surface area (Å²) in [6.45, 7) is 1.78. The molecule has 0 fully saturated rings. The summed E-state index contributed by atoms with van der Waals surface area (Å²) in [7, 11) is -2.33. The van der Waals surface area contributed by atoms with Crippen molar-refractivity contribution in [3.05, 3.63) is 82.4 Å². The number of nitrogens with zero attached hydrogens (tertiary/aromatic N) is 3. The van der Waals surface area contributed by atoms with Gasteiger partial charge in [-0.05, 0) is 60.0 Å². The van der Waals surface area contributed by atoms with Crippen molar-refractivity contribution in [3.8, 4) is 16.9 Å². The molecule has 0 aliphatic carbocycles. The van der Waals surface area contributed by atoms with Gasteiger partial charge in [-0.15, -0.1) is 0 Å². The lowest BCUT2D eigenvalue weighted by molar-refractivity contribution is -0.129. The number of rotatable bonds is 5. The summed E-state index contributed by atoms with van der Waals surface area (Å²) in [6.07, 6.45) is 2.44. The number of guanidine groups is 1. The topological polar surface area (TPSA) is 115 Å². The molecule has 11 heteroatoms. The van der Waals surface area contributed by atoms with Gasteiger partial charge in [-0.25, -0.2) is 9.38 Å². The number of hydrogen-bond acceptors (Lipinski definition) is 7. The van der Waals surface area contributed by atoms with Gasteiger partial charge in [0.05, 0.1) is 6.26 Å². The molecule has 2 N–H and O–H groups in total. The van der Waals surface area contributed by atoms with Crippen molar-refractivity contribution in [1.29, 1.82) is 0 Å². The number of benzene rings is 2. The van der Waals surface area contributed by atoms with Gasteiger partial charge >= 0.3 is 10.1 Å². The highest BCUT2D eigenvalue weighted by Gasteiger charge is 2.49. The van der Waals surface area contributed by atoms with E-state index in [0.29, 0.717) is 16.8 Å². The fourth-order valence-electron chi connectivity index (χ4n) is 3.87. The minimum atomic E-state index is -3.83. The number of carbonyl (C=O) groups excluding carboxylic acids is 1. The van der Waals surface area contributed by atoms with E-state index in [9.17, 15) is 13.2 Å². The van der Waals surface area contributed by atoms with Crippen molar-refractivity contribution >= 4 is 33.6 Å². The second-order valence-corrected chi connectivity index (χ2v) is 9.90. The lowest BCUT2D eigenvalue weighted by atomic mass is 9.81. The number of nitrogens with two attached hydrogens (primary N) is 1. The first kappa shape index (κ1) is 23.7. The first-order chi connectivity index (χ1) is 15.9. The molecule has 1 aromatic heterocycles. The van der Waals surface area contributed by atoms with Crippen LogP contribution < -0.4 is 9.92 Å². The van der Waals surface area contributed by atoms with E-state index in [1.807, 2.05) is 0 Å². The van der Waals surface area contributed by atoms with Crippen LogP contribution in [0.4, 0.5) is 4.39 Å². The average molecular weight is 503 g/mol. The molecule has 0 bridgehead atoms. The smallest absolute Gasteiger partial charge is 0.306 e. The molecular formula is C23H20ClFN4O4S. The zero-order chi connectivity index (χ0) is 24.8. The minimum Gasteiger partial charge on any atom is -0.383 e. The summed E-state index contributed by atoms with van der Waals surface area (Å²) < 4.78 is 43.1. The molecule has 0 spiro atoms. The van der Waals surface area contributed by atoms with Crippen molar-refractivity contribution in [2.75, 3.05) is 13.3 Å². The number of pyridine rings is 1. The maximum atomic E-state index is 15.0. The molecule has 1 amide bonds. The number of halogens is 2. The van der Waals surface area contributed by atoms with Gasteiger partial charge in [-0.3, -0.25) is 14.7 Å². The summed E-state index contributed by atoms with van der Waals surface area (Å²) in [5.74, 6) is -1.10. The third kappa shape index (κ3) is 4.22. The van der Waals surface area contributed by atoms with E-state index in [1.165, 1.54) is 48.3 Å². The number of hydrogen-bond donors (Lipinski definition) is 1. The SMILES string of the molecule is Cc1cc(C2(c3ccc(F)c(-c4cc(Cl)cc(OS(C)(=O)=O)c4)c3)N=C(N)N(C)C2=O)ccn1. The van der Waals surface area contributed by atoms with E-state index in [1.54, 1.807) is 25.3 Å². The number of amides is 1. The molecule has 2 heterocycles. The van der Waals surface area contributed by atoms with Crippen LogP contribution in [0.25, 0.3) is 11.1 Å². The lowest BCUT2D eigenvalue weighted by Crippen LogP contribution is -2.41. The Morgan fingerprint density at radius 3 is 2.44 bits per heavy atom. The second-order valence-electron chi connectivity index (χ2n) is 7.89. The van der Waals surface area contributed by atoms with Gasteiger partial charge in [0.15, 0.2) is 11.5 Å². The molecule has 1 unspecified atom stereocenters. The maximum Gasteiger partial charge on any atom is 0.306 e. The quantitative estimate of drug-likeness (QED) is 0.536. The average Bonchev–Trinajstić information content (AvgIpc) is 2.97. The molecule has 4 rings (SSSR count). The van der Waals surface area contributed by atoms with Crippen LogP contribution in [0.1, 0.15) is 16.8 Å². The van der Waals surface area contributed by atoms with Crippen LogP contribution in [0.15, 0.2) is 59.7 Å². The summed E-state index contributed by atoms with van der Waals surface area (Å²) in [6, 6.07) is 11.6. The normalized spacial score (nSPS) is 18.2. The van der Waals surface area contributed by atoms with E-state index in [4.69, 9.17) is 21.5 Å². The summed E-state index contributed by atoms with van der Waals surface area (Å²) in [4.78, 5) is 23.4. The van der Waals surface area contributed by atoms with E-state index in [-0.39, 0.29) is 27.9 Å². The molecule has 3 aromatic rings. The predicted molar refractivity (Wildman–Crippen MR) is 126 cm³/mol. The van der Waals surface area contributed by atoms with Gasteiger partial charge in [-0.1, -0.05) is 17.7 Å². The Morgan fingerprint density at radius 1 is 1.12 bits per heavy atom. The molecule has 0 radical (unpaired) electrons. The van der Waals surface area contributed by atoms with E-state index in [0.717, 1.165) is 6.26 Å². The number of likely N-dealkylation sites (N-methyl/N-ethyl adjacent to an activating group) is 1. The van der Waals surface area contributed by atoms with Gasteiger partial charge < -0.3 is 9.92 Å². The standard InChI is InChI=1S/C23H20ClFN4O4S/c1-13-8-16(6-7-27-13)23(21(30)29(2)22(26)28-23)15-4-5-20(25)19(11-15)14-9-17(24)12-18(10-14)33-34(3,31)32/h4-12H,1-3H3,(H2,26,28). The molecule has 34 heavy (non-hydrogen) atoms. The van der Waals surface area contributed by atoms with Crippen LogP contribution in [0.2, 0.25) is 5.02 Å². The molecular weight excluding hydrogens is 483 g/mol. The monoisotopic (exact) mass is 502 g/mol. The first-order valence-electron chi connectivity index (χ1n) is 9.98. The van der Waals surface area contributed by atoms with Gasteiger partial charge in [0.2, 0.25) is 0 Å². The van der Waals surface area contributed by atoms with Crippen LogP contribution in [0.5, 0.6) is 5.75 Å². The van der Waals surface area contributed by atoms with Gasteiger partial charge in [0, 0.05) is 35.6 Å². The van der Waals surface area contributed by atoms with E-state index >= 15 is 4.39 Å². The van der Waals surface area contributed by atoms with Gasteiger partial charge in [0.1, 0.15) is 11.6 Å². The van der Waals surface area contributed by atoms with Crippen LogP contribution in [0.3, 0.4) is 0 Å². The number of aromatic nitrogens is 1. The van der Waals surface area contributed by atoms with Crippen molar-refractivity contribution in [1.82, 2.24) is 9.88 Å².